The molecule has 0 saturated heterocycles. The lowest BCUT2D eigenvalue weighted by molar-refractivity contribution is 0.317. The van der Waals surface area contributed by atoms with E-state index < -0.39 is 10.8 Å². The number of hydrogen-bond donors (Lipinski definition) is 1. The Bertz CT molecular complexity index is 1130. The second kappa shape index (κ2) is 9.73. The van der Waals surface area contributed by atoms with Crippen LogP contribution in [0, 0.1) is 17.9 Å². The molecule has 0 bridgehead atoms. The van der Waals surface area contributed by atoms with Crippen LogP contribution in [0.25, 0.3) is 4.85 Å². The van der Waals surface area contributed by atoms with Crippen molar-refractivity contribution < 1.29 is 13.7 Å². The highest BCUT2D eigenvalue weighted by Gasteiger charge is 2.15. The van der Waals surface area contributed by atoms with Gasteiger partial charge in [0.15, 0.2) is 11.4 Å². The molecule has 30 heavy (non-hydrogen) atoms. The van der Waals surface area contributed by atoms with E-state index in [1.165, 1.54) is 6.07 Å². The Morgan fingerprint density at radius 3 is 2.80 bits per heavy atom. The fraction of sp³-hybridized carbons (Fsp3) is 0.227. The first-order valence-electron chi connectivity index (χ1n) is 9.27. The number of rotatable bonds is 8. The molecule has 0 fully saturated rings. The first-order chi connectivity index (χ1) is 14.5. The molecule has 7 nitrogen and oxygen atoms in total. The molecule has 152 valence electrons. The molecule has 0 spiro atoms. The number of ether oxygens (including phenoxy) is 2. The highest BCUT2D eigenvalue weighted by Crippen LogP contribution is 2.32. The van der Waals surface area contributed by atoms with Gasteiger partial charge in [-0.3, -0.25) is 9.31 Å². The number of H-pyrrole nitrogens is 1. The average molecular weight is 420 g/mol. The molecular formula is C22H20N4O3S. The summed E-state index contributed by atoms with van der Waals surface area (Å²) in [6.45, 7) is 9.54. The van der Waals surface area contributed by atoms with Gasteiger partial charge in [0.2, 0.25) is 0 Å². The van der Waals surface area contributed by atoms with E-state index in [2.05, 4.69) is 15.0 Å². The summed E-state index contributed by atoms with van der Waals surface area (Å²) in [6, 6.07) is 13.9. The Balaban J connectivity index is 1.76. The first kappa shape index (κ1) is 21.1. The lowest BCUT2D eigenvalue weighted by Gasteiger charge is -2.10. The van der Waals surface area contributed by atoms with Gasteiger partial charge in [0.25, 0.3) is 0 Å². The normalized spacial score (nSPS) is 11.3. The van der Waals surface area contributed by atoms with Crippen LogP contribution in [0.2, 0.25) is 0 Å². The van der Waals surface area contributed by atoms with Crippen molar-refractivity contribution in [1.29, 1.82) is 5.26 Å². The molecule has 0 aliphatic rings. The maximum atomic E-state index is 11.6. The Kier molecular flexibility index (Phi) is 6.84. The van der Waals surface area contributed by atoms with Gasteiger partial charge in [-0.25, -0.2) is 4.85 Å². The molecule has 0 radical (unpaired) electrons. The molecule has 0 aliphatic carbocycles. The maximum Gasteiger partial charge on any atom is 0.192 e. The SMILES string of the molecule is [C-]#[N+]c1cc(C#N)cc(Oc2c(CC)n[nH]c2CCOc2cccc(S(C)=O)c2)c1. The van der Waals surface area contributed by atoms with Gasteiger partial charge < -0.3 is 9.47 Å². The van der Waals surface area contributed by atoms with Crippen molar-refractivity contribution in [3.63, 3.8) is 0 Å². The van der Waals surface area contributed by atoms with E-state index in [1.54, 1.807) is 30.5 Å². The summed E-state index contributed by atoms with van der Waals surface area (Å²) in [5, 5.41) is 16.5. The minimum Gasteiger partial charge on any atom is -0.493 e. The Hall–Kier alpha value is -3.62. The van der Waals surface area contributed by atoms with E-state index >= 15 is 0 Å². The van der Waals surface area contributed by atoms with Crippen LogP contribution < -0.4 is 9.47 Å². The summed E-state index contributed by atoms with van der Waals surface area (Å²) in [6.07, 6.45) is 2.79. The van der Waals surface area contributed by atoms with E-state index in [4.69, 9.17) is 16.0 Å². The topological polar surface area (TPSA) is 92.4 Å². The van der Waals surface area contributed by atoms with Crippen molar-refractivity contribution in [2.75, 3.05) is 12.9 Å². The number of aryl methyl sites for hydroxylation is 1. The molecule has 1 heterocycles. The van der Waals surface area contributed by atoms with Crippen molar-refractivity contribution in [2.45, 2.75) is 24.7 Å². The zero-order valence-corrected chi connectivity index (χ0v) is 17.5. The van der Waals surface area contributed by atoms with Crippen LogP contribution in [0.5, 0.6) is 17.2 Å². The van der Waals surface area contributed by atoms with E-state index in [9.17, 15) is 9.47 Å². The molecular weight excluding hydrogens is 400 g/mol. The van der Waals surface area contributed by atoms with Gasteiger partial charge in [-0.15, -0.1) is 0 Å². The maximum absolute atomic E-state index is 11.6. The summed E-state index contributed by atoms with van der Waals surface area (Å²) in [4.78, 5) is 4.10. The largest absolute Gasteiger partial charge is 0.493 e. The third-order valence-corrected chi connectivity index (χ3v) is 5.24. The fourth-order valence-corrected chi connectivity index (χ4v) is 3.40. The number of benzene rings is 2. The van der Waals surface area contributed by atoms with Gasteiger partial charge in [-0.1, -0.05) is 13.0 Å². The Morgan fingerprint density at radius 2 is 2.10 bits per heavy atom. The third kappa shape index (κ3) is 5.05. The summed E-state index contributed by atoms with van der Waals surface area (Å²) < 4.78 is 23.5. The van der Waals surface area contributed by atoms with Crippen molar-refractivity contribution in [3.8, 4) is 23.3 Å². The van der Waals surface area contributed by atoms with Crippen molar-refractivity contribution in [3.05, 3.63) is 70.8 Å². The number of aromatic amines is 1. The third-order valence-electron chi connectivity index (χ3n) is 4.32. The fourth-order valence-electron chi connectivity index (χ4n) is 2.84. The zero-order valence-electron chi connectivity index (χ0n) is 16.6. The highest BCUT2D eigenvalue weighted by molar-refractivity contribution is 7.84. The zero-order chi connectivity index (χ0) is 21.5. The molecule has 1 atom stereocenters. The lowest BCUT2D eigenvalue weighted by Crippen LogP contribution is -2.03. The second-order valence-electron chi connectivity index (χ2n) is 6.40. The Morgan fingerprint density at radius 1 is 1.27 bits per heavy atom. The smallest absolute Gasteiger partial charge is 0.192 e. The van der Waals surface area contributed by atoms with Crippen LogP contribution >= 0.6 is 0 Å². The molecule has 3 rings (SSSR count). The molecule has 8 heteroatoms. The molecule has 1 unspecified atom stereocenters. The number of aromatic nitrogens is 2. The van der Waals surface area contributed by atoms with E-state index in [0.717, 1.165) is 11.4 Å². The number of nitrogens with zero attached hydrogens (tertiary/aromatic N) is 3. The van der Waals surface area contributed by atoms with Gasteiger partial charge in [-0.2, -0.15) is 10.4 Å². The average Bonchev–Trinajstić information content (AvgIpc) is 3.15. The van der Waals surface area contributed by atoms with Crippen LogP contribution in [-0.2, 0) is 23.6 Å². The monoisotopic (exact) mass is 420 g/mol. The lowest BCUT2D eigenvalue weighted by atomic mass is 10.2. The van der Waals surface area contributed by atoms with Crippen LogP contribution in [0.15, 0.2) is 47.4 Å². The summed E-state index contributed by atoms with van der Waals surface area (Å²) in [5.74, 6) is 1.63. The quantitative estimate of drug-likeness (QED) is 0.540. The summed E-state index contributed by atoms with van der Waals surface area (Å²) in [7, 11) is -1.07. The minimum atomic E-state index is -1.07. The van der Waals surface area contributed by atoms with Gasteiger partial charge in [0.05, 0.1) is 24.9 Å². The predicted octanol–water partition coefficient (Wildman–Crippen LogP) is 4.55. The molecule has 2 aromatic carbocycles. The van der Waals surface area contributed by atoms with Crippen LogP contribution in [0.4, 0.5) is 5.69 Å². The van der Waals surface area contributed by atoms with Gasteiger partial charge in [0.1, 0.15) is 17.2 Å². The standard InChI is InChI=1S/C22H20N4O3S/c1-4-20-22(29-18-11-15(14-23)10-16(12-18)24-2)21(26-25-20)8-9-28-17-6-5-7-19(13-17)30(3)27/h5-7,10-13H,4,8-9H2,1,3H3,(H,25,26). The number of hydrogen-bond acceptors (Lipinski definition) is 5. The van der Waals surface area contributed by atoms with E-state index in [1.807, 2.05) is 25.1 Å². The number of nitriles is 1. The molecule has 0 amide bonds. The molecule has 0 saturated carbocycles. The Labute approximate surface area is 177 Å². The summed E-state index contributed by atoms with van der Waals surface area (Å²) >= 11 is 0. The molecule has 1 N–H and O–H groups in total. The summed E-state index contributed by atoms with van der Waals surface area (Å²) in [5.41, 5.74) is 2.20. The van der Waals surface area contributed by atoms with Gasteiger partial charge in [-0.05, 0) is 42.8 Å². The number of nitrogens with one attached hydrogen (secondary N) is 1. The highest BCUT2D eigenvalue weighted by atomic mass is 32.2. The van der Waals surface area contributed by atoms with Crippen molar-refractivity contribution in [1.82, 2.24) is 10.2 Å². The van der Waals surface area contributed by atoms with Crippen molar-refractivity contribution in [2.24, 2.45) is 0 Å². The molecule has 3 aromatic rings. The molecule has 0 aliphatic heterocycles. The van der Waals surface area contributed by atoms with Crippen LogP contribution in [0.3, 0.4) is 0 Å². The van der Waals surface area contributed by atoms with Crippen molar-refractivity contribution >= 4 is 16.5 Å². The van der Waals surface area contributed by atoms with Crippen LogP contribution in [0.1, 0.15) is 23.9 Å². The predicted molar refractivity (Wildman–Crippen MR) is 113 cm³/mol. The van der Waals surface area contributed by atoms with Gasteiger partial charge in [0, 0.05) is 33.9 Å². The van der Waals surface area contributed by atoms with Crippen LogP contribution in [-0.4, -0.2) is 27.3 Å². The van der Waals surface area contributed by atoms with Gasteiger partial charge >= 0.3 is 0 Å². The van der Waals surface area contributed by atoms with E-state index in [-0.39, 0.29) is 0 Å². The second-order valence-corrected chi connectivity index (χ2v) is 7.78. The molecule has 1 aromatic heterocycles. The van der Waals surface area contributed by atoms with E-state index in [0.29, 0.717) is 52.8 Å². The first-order valence-corrected chi connectivity index (χ1v) is 10.8. The minimum absolute atomic E-state index is 0.337.